The predicted molar refractivity (Wildman–Crippen MR) is 88.8 cm³/mol. The number of hydrogen-bond donors (Lipinski definition) is 1. The third kappa shape index (κ3) is 4.93. The molecule has 23 heavy (non-hydrogen) atoms. The van der Waals surface area contributed by atoms with Crippen molar-refractivity contribution in [1.82, 2.24) is 0 Å². The molecule has 1 heterocycles. The predicted octanol–water partition coefficient (Wildman–Crippen LogP) is 1.19. The van der Waals surface area contributed by atoms with E-state index in [0.29, 0.717) is 29.7 Å². The van der Waals surface area contributed by atoms with E-state index in [1.54, 1.807) is 0 Å². The Labute approximate surface area is 145 Å². The monoisotopic (exact) mass is 385 g/mol. The number of carboxylic acids is 1. The first-order chi connectivity index (χ1) is 11.0. The number of para-hydroxylation sites is 1. The number of nitrogens with zero attached hydrogens (tertiary/aromatic N) is 1. The molecule has 2 rings (SSSR count). The average Bonchev–Trinajstić information content (AvgIpc) is 2.54. The van der Waals surface area contributed by atoms with Crippen molar-refractivity contribution in [2.24, 2.45) is 5.92 Å². The van der Waals surface area contributed by atoms with Gasteiger partial charge in [-0.15, -0.1) is 0 Å². The molecule has 3 unspecified atom stereocenters. The van der Waals surface area contributed by atoms with Crippen LogP contribution in [0.4, 0.5) is 0 Å². The largest absolute Gasteiger partial charge is 0.550 e. The number of likely N-dealkylation sites (tertiary alicyclic amines) is 1. The van der Waals surface area contributed by atoms with Crippen molar-refractivity contribution < 1.29 is 24.2 Å². The lowest BCUT2D eigenvalue weighted by Crippen LogP contribution is -2.60. The maximum atomic E-state index is 11.2. The van der Waals surface area contributed by atoms with Crippen LogP contribution < -0.4 is 9.84 Å². The topological polar surface area (TPSA) is 69.6 Å². The van der Waals surface area contributed by atoms with Gasteiger partial charge in [0.2, 0.25) is 0 Å². The van der Waals surface area contributed by atoms with Gasteiger partial charge in [-0.1, -0.05) is 12.1 Å². The van der Waals surface area contributed by atoms with Gasteiger partial charge in [0.15, 0.2) is 0 Å². The van der Waals surface area contributed by atoms with Crippen molar-refractivity contribution in [3.63, 3.8) is 0 Å². The number of carboxylic acid groups (broad SMARTS) is 1. The number of hydrogen-bond acceptors (Lipinski definition) is 4. The van der Waals surface area contributed by atoms with E-state index in [4.69, 9.17) is 4.74 Å². The third-order valence-electron chi connectivity index (χ3n) is 4.66. The number of carbonyl (C=O) groups excluding carboxylic acids is 1. The summed E-state index contributed by atoms with van der Waals surface area (Å²) in [5.41, 5.74) is 0. The molecule has 0 radical (unpaired) electrons. The zero-order chi connectivity index (χ0) is 16.9. The third-order valence-corrected chi connectivity index (χ3v) is 5.32. The van der Waals surface area contributed by atoms with Crippen LogP contribution in [0.15, 0.2) is 28.7 Å². The Bertz CT molecular complexity index is 539. The number of aliphatic hydroxyl groups is 1. The van der Waals surface area contributed by atoms with Crippen molar-refractivity contribution >= 4 is 21.9 Å². The van der Waals surface area contributed by atoms with E-state index in [9.17, 15) is 15.0 Å². The summed E-state index contributed by atoms with van der Waals surface area (Å²) in [7, 11) is 0. The molecule has 1 N–H and O–H groups in total. The molecule has 128 valence electrons. The van der Waals surface area contributed by atoms with Crippen LogP contribution in [0.3, 0.4) is 0 Å². The fourth-order valence-corrected chi connectivity index (χ4v) is 3.74. The van der Waals surface area contributed by atoms with E-state index in [2.05, 4.69) is 15.9 Å². The Morgan fingerprint density at radius 1 is 1.52 bits per heavy atom. The fourth-order valence-electron chi connectivity index (χ4n) is 3.35. The maximum absolute atomic E-state index is 11.2. The van der Waals surface area contributed by atoms with Crippen LogP contribution in [0.5, 0.6) is 5.75 Å². The van der Waals surface area contributed by atoms with Gasteiger partial charge in [-0.3, -0.25) is 0 Å². The van der Waals surface area contributed by atoms with Gasteiger partial charge in [-0.2, -0.15) is 0 Å². The van der Waals surface area contributed by atoms with Crippen molar-refractivity contribution in [3.05, 3.63) is 28.7 Å². The summed E-state index contributed by atoms with van der Waals surface area (Å²) in [6, 6.07) is 7.50. The van der Waals surface area contributed by atoms with Gasteiger partial charge in [-0.25, -0.2) is 0 Å². The SMILES string of the molecule is CC[N+]1(CC(O)COc2ccccc2Br)CCCC(C(=O)[O-])C1. The molecular weight excluding hydrogens is 362 g/mol. The van der Waals surface area contributed by atoms with Crippen LogP contribution in [0.1, 0.15) is 19.8 Å². The smallest absolute Gasteiger partial charge is 0.137 e. The summed E-state index contributed by atoms with van der Waals surface area (Å²) in [6.45, 7) is 4.97. The zero-order valence-corrected chi connectivity index (χ0v) is 15.0. The van der Waals surface area contributed by atoms with Crippen LogP contribution in [-0.2, 0) is 4.79 Å². The molecule has 1 fully saturated rings. The molecule has 0 aliphatic carbocycles. The number of carbonyl (C=O) groups is 1. The molecule has 0 aromatic heterocycles. The molecule has 1 aliphatic rings. The number of likely N-dealkylation sites (N-methyl/N-ethyl adjacent to an activating group) is 1. The zero-order valence-electron chi connectivity index (χ0n) is 13.4. The molecule has 1 aromatic rings. The molecule has 0 spiro atoms. The molecule has 1 saturated heterocycles. The van der Waals surface area contributed by atoms with E-state index in [1.165, 1.54) is 0 Å². The minimum Gasteiger partial charge on any atom is -0.550 e. The Morgan fingerprint density at radius 2 is 2.26 bits per heavy atom. The molecule has 5 nitrogen and oxygen atoms in total. The fraction of sp³-hybridized carbons (Fsp3) is 0.588. The second-order valence-electron chi connectivity index (χ2n) is 6.30. The summed E-state index contributed by atoms with van der Waals surface area (Å²) < 4.78 is 7.13. The van der Waals surface area contributed by atoms with E-state index in [-0.39, 0.29) is 6.61 Å². The lowest BCUT2D eigenvalue weighted by molar-refractivity contribution is -0.936. The van der Waals surface area contributed by atoms with Gasteiger partial charge in [0.25, 0.3) is 0 Å². The first-order valence-electron chi connectivity index (χ1n) is 8.07. The summed E-state index contributed by atoms with van der Waals surface area (Å²) in [4.78, 5) is 11.2. The summed E-state index contributed by atoms with van der Waals surface area (Å²) in [6.07, 6.45) is 0.887. The molecule has 0 amide bonds. The first kappa shape index (κ1) is 18.2. The quantitative estimate of drug-likeness (QED) is 0.715. The van der Waals surface area contributed by atoms with Crippen molar-refractivity contribution in [2.75, 3.05) is 32.8 Å². The Balaban J connectivity index is 1.93. The van der Waals surface area contributed by atoms with Crippen molar-refractivity contribution in [3.8, 4) is 5.75 Å². The first-order valence-corrected chi connectivity index (χ1v) is 8.86. The Kier molecular flexibility index (Phi) is 6.44. The van der Waals surface area contributed by atoms with Gasteiger partial charge in [0.05, 0.1) is 30.1 Å². The Hall–Kier alpha value is -1.11. The van der Waals surface area contributed by atoms with Gasteiger partial charge < -0.3 is 24.2 Å². The highest BCUT2D eigenvalue weighted by molar-refractivity contribution is 9.10. The second kappa shape index (κ2) is 8.13. The number of benzene rings is 1. The van der Waals surface area contributed by atoms with E-state index in [1.807, 2.05) is 31.2 Å². The molecule has 6 heteroatoms. The number of aliphatic hydroxyl groups excluding tert-OH is 1. The summed E-state index contributed by atoms with van der Waals surface area (Å²) in [5, 5.41) is 21.5. The van der Waals surface area contributed by atoms with Crippen molar-refractivity contribution in [1.29, 1.82) is 0 Å². The minimum absolute atomic E-state index is 0.193. The number of aliphatic carboxylic acids is 1. The minimum atomic E-state index is -0.973. The number of ether oxygens (including phenoxy) is 1. The van der Waals surface area contributed by atoms with Gasteiger partial charge in [0, 0.05) is 5.92 Å². The Morgan fingerprint density at radius 3 is 2.91 bits per heavy atom. The molecular formula is C17H24BrNO4. The number of piperidine rings is 1. The number of rotatable bonds is 7. The highest BCUT2D eigenvalue weighted by atomic mass is 79.9. The lowest BCUT2D eigenvalue weighted by Gasteiger charge is -2.45. The molecule has 3 atom stereocenters. The van der Waals surface area contributed by atoms with Gasteiger partial charge >= 0.3 is 0 Å². The highest BCUT2D eigenvalue weighted by Gasteiger charge is 2.36. The summed E-state index contributed by atoms with van der Waals surface area (Å²) >= 11 is 3.41. The molecule has 1 aliphatic heterocycles. The molecule has 0 bridgehead atoms. The maximum Gasteiger partial charge on any atom is 0.137 e. The van der Waals surface area contributed by atoms with E-state index in [0.717, 1.165) is 24.0 Å². The average molecular weight is 386 g/mol. The van der Waals surface area contributed by atoms with Gasteiger partial charge in [0.1, 0.15) is 25.0 Å². The van der Waals surface area contributed by atoms with Crippen LogP contribution in [0.2, 0.25) is 0 Å². The van der Waals surface area contributed by atoms with Crippen molar-refractivity contribution in [2.45, 2.75) is 25.9 Å². The van der Waals surface area contributed by atoms with Gasteiger partial charge in [-0.05, 0) is 47.8 Å². The number of quaternary nitrogens is 1. The van der Waals surface area contributed by atoms with Crippen LogP contribution in [0.25, 0.3) is 0 Å². The van der Waals surface area contributed by atoms with E-state index < -0.39 is 18.0 Å². The summed E-state index contributed by atoms with van der Waals surface area (Å²) in [5.74, 6) is -0.694. The van der Waals surface area contributed by atoms with E-state index >= 15 is 0 Å². The van der Waals surface area contributed by atoms with Crippen LogP contribution >= 0.6 is 15.9 Å². The van der Waals surface area contributed by atoms with Crippen LogP contribution in [-0.4, -0.2) is 54.4 Å². The highest BCUT2D eigenvalue weighted by Crippen LogP contribution is 2.26. The van der Waals surface area contributed by atoms with Crippen LogP contribution in [0, 0.1) is 5.92 Å². The second-order valence-corrected chi connectivity index (χ2v) is 7.15. The number of halogens is 1. The molecule has 0 saturated carbocycles. The normalized spacial score (nSPS) is 25.8. The molecule has 1 aromatic carbocycles. The standard InChI is InChI=1S/C17H24BrNO4/c1-2-19(9-5-6-13(10-19)17(21)22)11-14(20)12-23-16-8-4-3-7-15(16)18/h3-4,7-8,13-14,20H,2,5-6,9-12H2,1H3. The lowest BCUT2D eigenvalue weighted by atomic mass is 9.95.